The van der Waals surface area contributed by atoms with Gasteiger partial charge in [-0.1, -0.05) is 25.4 Å². The van der Waals surface area contributed by atoms with Gasteiger partial charge in [0.05, 0.1) is 32.9 Å². The Bertz CT molecular complexity index is 1520. The Kier molecular flexibility index (Phi) is 10.4. The second-order valence-corrected chi connectivity index (χ2v) is 8.49. The number of nitro groups is 1. The van der Waals surface area contributed by atoms with Crippen LogP contribution in [0.2, 0.25) is 5.02 Å². The Hall–Kier alpha value is -4.62. The SMILES string of the molecule is CC.CN(C)CCOc1cc2ncnc(Nc3cc(Cl)c(Oc4ccnc(N=CN)c4)cc3F)c2cc1[N+](=O)[O-]. The largest absolute Gasteiger partial charge is 0.485 e. The van der Waals surface area contributed by atoms with Crippen molar-refractivity contribution in [2.75, 3.05) is 32.6 Å². The quantitative estimate of drug-likeness (QED) is 0.103. The molecule has 14 heteroatoms. The van der Waals surface area contributed by atoms with E-state index in [4.69, 9.17) is 26.8 Å². The predicted molar refractivity (Wildman–Crippen MR) is 153 cm³/mol. The van der Waals surface area contributed by atoms with Crippen LogP contribution in [-0.4, -0.2) is 58.4 Å². The highest BCUT2D eigenvalue weighted by molar-refractivity contribution is 6.32. The van der Waals surface area contributed by atoms with Crippen LogP contribution in [0.15, 0.2) is 53.9 Å². The molecule has 0 atom stereocenters. The number of nitrogens with zero attached hydrogens (tertiary/aromatic N) is 6. The van der Waals surface area contributed by atoms with E-state index in [-0.39, 0.29) is 40.3 Å². The number of aliphatic imine (C=N–C) groups is 1. The third-order valence-corrected chi connectivity index (χ3v) is 5.43. The Morgan fingerprint density at radius 1 is 1.18 bits per heavy atom. The molecular formula is C26H28ClFN8O4. The van der Waals surface area contributed by atoms with Gasteiger partial charge in [-0.15, -0.1) is 0 Å². The molecule has 0 radical (unpaired) electrons. The van der Waals surface area contributed by atoms with Crippen LogP contribution in [0, 0.1) is 15.9 Å². The van der Waals surface area contributed by atoms with Gasteiger partial charge < -0.3 is 25.4 Å². The third-order valence-electron chi connectivity index (χ3n) is 5.14. The van der Waals surface area contributed by atoms with Crippen LogP contribution in [0.4, 0.5) is 27.4 Å². The van der Waals surface area contributed by atoms with E-state index in [1.165, 1.54) is 36.8 Å². The van der Waals surface area contributed by atoms with Gasteiger partial charge >= 0.3 is 5.69 Å². The molecule has 12 nitrogen and oxygen atoms in total. The number of likely N-dealkylation sites (N-methyl/N-ethyl adjacent to an activating group) is 1. The summed E-state index contributed by atoms with van der Waals surface area (Å²) in [6, 6.07) is 8.20. The van der Waals surface area contributed by atoms with E-state index < -0.39 is 10.7 Å². The molecule has 0 aliphatic heterocycles. The monoisotopic (exact) mass is 570 g/mol. The molecule has 0 saturated heterocycles. The van der Waals surface area contributed by atoms with Gasteiger partial charge in [0.15, 0.2) is 11.6 Å². The Balaban J connectivity index is 0.00000216. The highest BCUT2D eigenvalue weighted by Crippen LogP contribution is 2.38. The summed E-state index contributed by atoms with van der Waals surface area (Å²) in [5.41, 5.74) is 5.35. The lowest BCUT2D eigenvalue weighted by molar-refractivity contribution is -0.385. The number of halogens is 2. The van der Waals surface area contributed by atoms with Crippen molar-refractivity contribution in [3.8, 4) is 17.2 Å². The Morgan fingerprint density at radius 3 is 2.65 bits per heavy atom. The average molecular weight is 571 g/mol. The number of ether oxygens (including phenoxy) is 2. The van der Waals surface area contributed by atoms with Gasteiger partial charge in [0.25, 0.3) is 0 Å². The number of benzene rings is 2. The third kappa shape index (κ3) is 7.48. The second kappa shape index (κ2) is 14.0. The van der Waals surface area contributed by atoms with Gasteiger partial charge in [-0.2, -0.15) is 0 Å². The maximum atomic E-state index is 15.1. The van der Waals surface area contributed by atoms with Crippen molar-refractivity contribution < 1.29 is 18.8 Å². The van der Waals surface area contributed by atoms with Crippen molar-refractivity contribution in [3.05, 3.63) is 69.9 Å². The Labute approximate surface area is 234 Å². The van der Waals surface area contributed by atoms with E-state index in [1.807, 2.05) is 32.8 Å². The van der Waals surface area contributed by atoms with E-state index >= 15 is 4.39 Å². The number of fused-ring (bicyclic) bond motifs is 1. The molecule has 4 rings (SSSR count). The summed E-state index contributed by atoms with van der Waals surface area (Å²) in [4.78, 5) is 29.2. The number of nitrogens with two attached hydrogens (primary N) is 1. The molecule has 0 spiro atoms. The van der Waals surface area contributed by atoms with Crippen LogP contribution in [0.25, 0.3) is 10.9 Å². The number of rotatable bonds is 10. The summed E-state index contributed by atoms with van der Waals surface area (Å²) in [7, 11) is 3.72. The smallest absolute Gasteiger partial charge is 0.311 e. The molecule has 2 aromatic carbocycles. The molecule has 0 aliphatic rings. The molecular weight excluding hydrogens is 543 g/mol. The van der Waals surface area contributed by atoms with E-state index in [2.05, 4.69) is 25.3 Å². The minimum atomic E-state index is -0.705. The molecule has 0 saturated carbocycles. The van der Waals surface area contributed by atoms with Crippen LogP contribution >= 0.6 is 11.6 Å². The van der Waals surface area contributed by atoms with Gasteiger partial charge in [0.2, 0.25) is 0 Å². The van der Waals surface area contributed by atoms with Crippen LogP contribution in [0.5, 0.6) is 17.2 Å². The minimum absolute atomic E-state index is 0.0283. The first-order valence-electron chi connectivity index (χ1n) is 12.1. The van der Waals surface area contributed by atoms with Gasteiger partial charge in [0, 0.05) is 37.0 Å². The Morgan fingerprint density at radius 2 is 1.95 bits per heavy atom. The van der Waals surface area contributed by atoms with Gasteiger partial charge in [-0.25, -0.2) is 24.3 Å². The van der Waals surface area contributed by atoms with Crippen LogP contribution in [-0.2, 0) is 0 Å². The number of anilines is 2. The molecule has 0 bridgehead atoms. The maximum absolute atomic E-state index is 15.1. The highest BCUT2D eigenvalue weighted by Gasteiger charge is 2.20. The number of hydrogen-bond acceptors (Lipinski definition) is 10. The lowest BCUT2D eigenvalue weighted by Gasteiger charge is -2.14. The number of aromatic nitrogens is 3. The first-order chi connectivity index (χ1) is 19.2. The molecule has 2 heterocycles. The van der Waals surface area contributed by atoms with Crippen LogP contribution < -0.4 is 20.5 Å². The molecule has 0 amide bonds. The average Bonchev–Trinajstić information content (AvgIpc) is 2.92. The first kappa shape index (κ1) is 29.9. The summed E-state index contributed by atoms with van der Waals surface area (Å²) >= 11 is 6.36. The number of nitro benzene ring substituents is 1. The lowest BCUT2D eigenvalue weighted by Crippen LogP contribution is -2.19. The zero-order valence-electron chi connectivity index (χ0n) is 22.3. The molecule has 2 aromatic heterocycles. The van der Waals surface area contributed by atoms with E-state index in [0.717, 1.165) is 12.4 Å². The highest BCUT2D eigenvalue weighted by atomic mass is 35.5. The summed E-state index contributed by atoms with van der Waals surface area (Å²) in [6.07, 6.45) is 3.79. The maximum Gasteiger partial charge on any atom is 0.311 e. The van der Waals surface area contributed by atoms with E-state index in [1.54, 1.807) is 6.07 Å². The molecule has 0 aliphatic carbocycles. The molecule has 0 unspecified atom stereocenters. The van der Waals surface area contributed by atoms with Crippen molar-refractivity contribution in [1.82, 2.24) is 19.9 Å². The van der Waals surface area contributed by atoms with Crippen molar-refractivity contribution >= 4 is 51.9 Å². The fraction of sp³-hybridized carbons (Fsp3) is 0.231. The standard InChI is InChI=1S/C24H22ClFN8O4.C2H6/c1-33(2)5-6-37-22-11-18-15(8-20(22)34(35)36)24(31-13-30-18)32-19-9-16(25)21(10-17(19)26)38-14-3-4-28-23(7-14)29-12-27;1-2/h3-4,7-13H,5-6H2,1-2H3,(H2,27,28,29)(H,30,31,32);1-2H3. The predicted octanol–water partition coefficient (Wildman–Crippen LogP) is 5.85. The normalized spacial score (nSPS) is 10.9. The van der Waals surface area contributed by atoms with Crippen molar-refractivity contribution in [3.63, 3.8) is 0 Å². The zero-order chi connectivity index (χ0) is 29.2. The summed E-state index contributed by atoms with van der Waals surface area (Å²) in [6.45, 7) is 4.81. The van der Waals surface area contributed by atoms with Crippen LogP contribution in [0.1, 0.15) is 13.8 Å². The van der Waals surface area contributed by atoms with E-state index in [9.17, 15) is 10.1 Å². The van der Waals surface area contributed by atoms with Crippen molar-refractivity contribution in [2.45, 2.75) is 13.8 Å². The van der Waals surface area contributed by atoms with Crippen molar-refractivity contribution in [2.24, 2.45) is 10.7 Å². The van der Waals surface area contributed by atoms with Crippen molar-refractivity contribution in [1.29, 1.82) is 0 Å². The van der Waals surface area contributed by atoms with Crippen LogP contribution in [0.3, 0.4) is 0 Å². The molecule has 0 fully saturated rings. The molecule has 3 N–H and O–H groups in total. The molecule has 210 valence electrons. The zero-order valence-corrected chi connectivity index (χ0v) is 23.0. The summed E-state index contributed by atoms with van der Waals surface area (Å²) < 4.78 is 26.4. The van der Waals surface area contributed by atoms with Gasteiger partial charge in [-0.3, -0.25) is 10.1 Å². The second-order valence-electron chi connectivity index (χ2n) is 8.09. The molecule has 40 heavy (non-hydrogen) atoms. The molecule has 4 aromatic rings. The fourth-order valence-corrected chi connectivity index (χ4v) is 3.54. The fourth-order valence-electron chi connectivity index (χ4n) is 3.34. The summed E-state index contributed by atoms with van der Waals surface area (Å²) in [5.74, 6) is 0.173. The summed E-state index contributed by atoms with van der Waals surface area (Å²) in [5, 5.41) is 14.9. The van der Waals surface area contributed by atoms with Gasteiger partial charge in [-0.05, 0) is 26.2 Å². The minimum Gasteiger partial charge on any atom is -0.485 e. The number of pyridine rings is 1. The number of nitrogens with one attached hydrogen (secondary N) is 1. The van der Waals surface area contributed by atoms with E-state index in [0.29, 0.717) is 29.0 Å². The topological polar surface area (TPSA) is 154 Å². The first-order valence-corrected chi connectivity index (χ1v) is 12.5. The number of hydrogen-bond donors (Lipinski definition) is 2. The van der Waals surface area contributed by atoms with Gasteiger partial charge in [0.1, 0.15) is 36.1 Å². The lowest BCUT2D eigenvalue weighted by atomic mass is 10.2.